The summed E-state index contributed by atoms with van der Waals surface area (Å²) in [7, 11) is -3.53. The van der Waals surface area contributed by atoms with Crippen LogP contribution in [0.1, 0.15) is 42.5 Å². The summed E-state index contributed by atoms with van der Waals surface area (Å²) in [4.78, 5) is 10.9. The third kappa shape index (κ3) is 4.61. The van der Waals surface area contributed by atoms with Crippen LogP contribution in [-0.2, 0) is 10.0 Å². The van der Waals surface area contributed by atoms with Gasteiger partial charge >= 0.3 is 5.97 Å². The highest BCUT2D eigenvalue weighted by Crippen LogP contribution is 2.28. The van der Waals surface area contributed by atoms with Crippen LogP contribution in [-0.4, -0.2) is 25.2 Å². The number of carboxylic acid groups (broad SMARTS) is 1. The van der Waals surface area contributed by atoms with Gasteiger partial charge in [0, 0.05) is 0 Å². The predicted octanol–water partition coefficient (Wildman–Crippen LogP) is 3.36. The smallest absolute Gasteiger partial charge is 0.335 e. The molecule has 0 atom stereocenters. The first-order valence-electron chi connectivity index (χ1n) is 6.91. The molecule has 1 saturated carbocycles. The van der Waals surface area contributed by atoms with Crippen molar-refractivity contribution in [3.8, 4) is 0 Å². The molecule has 0 amide bonds. The molecule has 7 heteroatoms. The molecule has 2 rings (SSSR count). The van der Waals surface area contributed by atoms with Crippen LogP contribution in [0.3, 0.4) is 0 Å². The number of nitrogens with one attached hydrogen (secondary N) is 1. The minimum Gasteiger partial charge on any atom is -0.478 e. The summed E-state index contributed by atoms with van der Waals surface area (Å²) in [6, 6.07) is 3.95. The molecule has 1 aliphatic carbocycles. The molecule has 0 heterocycles. The number of hydrogen-bond acceptors (Lipinski definition) is 3. The summed E-state index contributed by atoms with van der Waals surface area (Å²) < 4.78 is 26.8. The lowest BCUT2D eigenvalue weighted by molar-refractivity contribution is 0.0697. The highest BCUT2D eigenvalue weighted by molar-refractivity contribution is 7.92. The van der Waals surface area contributed by atoms with E-state index < -0.39 is 16.0 Å². The number of rotatable bonds is 5. The third-order valence-electron chi connectivity index (χ3n) is 3.66. The van der Waals surface area contributed by atoms with Gasteiger partial charge in [0.2, 0.25) is 10.0 Å². The van der Waals surface area contributed by atoms with Crippen molar-refractivity contribution in [2.45, 2.75) is 32.1 Å². The van der Waals surface area contributed by atoms with Gasteiger partial charge in [-0.3, -0.25) is 4.72 Å². The van der Waals surface area contributed by atoms with Gasteiger partial charge in [-0.15, -0.1) is 0 Å². The van der Waals surface area contributed by atoms with Gasteiger partial charge in [-0.2, -0.15) is 0 Å². The number of hydrogen-bond donors (Lipinski definition) is 2. The van der Waals surface area contributed by atoms with Crippen molar-refractivity contribution in [1.82, 2.24) is 0 Å². The fourth-order valence-electron chi connectivity index (χ4n) is 2.61. The summed E-state index contributed by atoms with van der Waals surface area (Å²) >= 11 is 5.93. The van der Waals surface area contributed by atoms with Crippen LogP contribution in [0.5, 0.6) is 0 Å². The van der Waals surface area contributed by atoms with E-state index in [1.54, 1.807) is 0 Å². The van der Waals surface area contributed by atoms with Crippen LogP contribution in [0, 0.1) is 5.92 Å². The molecule has 1 aliphatic rings. The normalized spacial score (nSPS) is 16.6. The van der Waals surface area contributed by atoms with E-state index in [9.17, 15) is 13.2 Å². The van der Waals surface area contributed by atoms with Gasteiger partial charge in [0.05, 0.1) is 22.0 Å². The van der Waals surface area contributed by atoms with E-state index in [1.165, 1.54) is 18.2 Å². The van der Waals surface area contributed by atoms with Crippen LogP contribution in [0.25, 0.3) is 0 Å². The molecule has 116 valence electrons. The molecule has 0 aromatic heterocycles. The van der Waals surface area contributed by atoms with Gasteiger partial charge in [-0.05, 0) is 37.0 Å². The largest absolute Gasteiger partial charge is 0.478 e. The predicted molar refractivity (Wildman–Crippen MR) is 82.4 cm³/mol. The summed E-state index contributed by atoms with van der Waals surface area (Å²) in [6.45, 7) is 0. The fourth-order valence-corrected chi connectivity index (χ4v) is 4.37. The van der Waals surface area contributed by atoms with E-state index in [2.05, 4.69) is 4.72 Å². The molecular weight excluding hydrogens is 314 g/mol. The van der Waals surface area contributed by atoms with Crippen molar-refractivity contribution in [3.05, 3.63) is 28.8 Å². The van der Waals surface area contributed by atoms with Crippen molar-refractivity contribution in [3.63, 3.8) is 0 Å². The zero-order valence-corrected chi connectivity index (χ0v) is 13.1. The lowest BCUT2D eigenvalue weighted by Gasteiger charge is -2.21. The first-order valence-corrected chi connectivity index (χ1v) is 8.94. The van der Waals surface area contributed by atoms with Gasteiger partial charge < -0.3 is 5.11 Å². The molecular formula is C14H18ClNO4S. The Morgan fingerprint density at radius 2 is 1.95 bits per heavy atom. The molecule has 0 radical (unpaired) electrons. The number of halogens is 1. The molecule has 0 unspecified atom stereocenters. The molecule has 21 heavy (non-hydrogen) atoms. The molecule has 0 bridgehead atoms. The zero-order valence-electron chi connectivity index (χ0n) is 11.5. The Labute approximate surface area is 129 Å². The second kappa shape index (κ2) is 6.66. The number of anilines is 1. The Kier molecular flexibility index (Phi) is 5.11. The van der Waals surface area contributed by atoms with Gasteiger partial charge in [0.15, 0.2) is 0 Å². The number of sulfonamides is 1. The lowest BCUT2D eigenvalue weighted by atomic mass is 9.91. The average Bonchev–Trinajstić information content (AvgIpc) is 2.41. The minimum atomic E-state index is -3.53. The zero-order chi connectivity index (χ0) is 15.5. The highest BCUT2D eigenvalue weighted by atomic mass is 35.5. The van der Waals surface area contributed by atoms with Crippen LogP contribution in [0.15, 0.2) is 18.2 Å². The van der Waals surface area contributed by atoms with E-state index >= 15 is 0 Å². The highest BCUT2D eigenvalue weighted by Gasteiger charge is 2.22. The molecule has 1 aromatic carbocycles. The first kappa shape index (κ1) is 16.1. The van der Waals surface area contributed by atoms with Gasteiger partial charge in [0.25, 0.3) is 0 Å². The number of carboxylic acids is 1. The molecule has 1 aromatic rings. The summed E-state index contributed by atoms with van der Waals surface area (Å²) in [6.07, 6.45) is 5.13. The van der Waals surface area contributed by atoms with Crippen molar-refractivity contribution in [1.29, 1.82) is 0 Å². The SMILES string of the molecule is O=C(O)c1ccc(Cl)c(NS(=O)(=O)CC2CCCCC2)c1. The van der Waals surface area contributed by atoms with Crippen LogP contribution >= 0.6 is 11.6 Å². The molecule has 0 aliphatic heterocycles. The van der Waals surface area contributed by atoms with Crippen LogP contribution in [0.2, 0.25) is 5.02 Å². The maximum atomic E-state index is 12.2. The third-order valence-corrected chi connectivity index (χ3v) is 5.43. The Morgan fingerprint density at radius 3 is 2.57 bits per heavy atom. The van der Waals surface area contributed by atoms with Crippen molar-refractivity contribution < 1.29 is 18.3 Å². The lowest BCUT2D eigenvalue weighted by Crippen LogP contribution is -2.24. The standard InChI is InChI=1S/C14H18ClNO4S/c15-12-7-6-11(14(17)18)8-13(12)16-21(19,20)9-10-4-2-1-3-5-10/h6-8,10,16H,1-5,9H2,(H,17,18). The minimum absolute atomic E-state index is 0.00485. The van der Waals surface area contributed by atoms with Crippen molar-refractivity contribution in [2.24, 2.45) is 5.92 Å². The first-order chi connectivity index (χ1) is 9.87. The van der Waals surface area contributed by atoms with Gasteiger partial charge in [0.1, 0.15) is 0 Å². The van der Waals surface area contributed by atoms with E-state index in [1.807, 2.05) is 0 Å². The van der Waals surface area contributed by atoms with Crippen molar-refractivity contribution in [2.75, 3.05) is 10.5 Å². The monoisotopic (exact) mass is 331 g/mol. The number of carbonyl (C=O) groups is 1. The number of benzene rings is 1. The Morgan fingerprint density at radius 1 is 1.29 bits per heavy atom. The Bertz CT molecular complexity index is 624. The van der Waals surface area contributed by atoms with E-state index in [0.717, 1.165) is 32.1 Å². The van der Waals surface area contributed by atoms with E-state index in [-0.39, 0.29) is 27.9 Å². The summed E-state index contributed by atoms with van der Waals surface area (Å²) in [5.41, 5.74) is 0.113. The molecule has 0 saturated heterocycles. The quantitative estimate of drug-likeness (QED) is 0.866. The van der Waals surface area contributed by atoms with Gasteiger partial charge in [-0.25, -0.2) is 13.2 Å². The molecule has 2 N–H and O–H groups in total. The topological polar surface area (TPSA) is 83.5 Å². The fraction of sp³-hybridized carbons (Fsp3) is 0.500. The maximum Gasteiger partial charge on any atom is 0.335 e. The Hall–Kier alpha value is -1.27. The van der Waals surface area contributed by atoms with E-state index in [0.29, 0.717) is 0 Å². The van der Waals surface area contributed by atoms with Crippen LogP contribution in [0.4, 0.5) is 5.69 Å². The van der Waals surface area contributed by atoms with Crippen molar-refractivity contribution >= 4 is 33.3 Å². The molecule has 0 spiro atoms. The second-order valence-electron chi connectivity index (χ2n) is 5.39. The second-order valence-corrected chi connectivity index (χ2v) is 7.56. The summed E-state index contributed by atoms with van der Waals surface area (Å²) in [5.74, 6) is -0.905. The maximum absolute atomic E-state index is 12.2. The molecule has 5 nitrogen and oxygen atoms in total. The number of aromatic carboxylic acids is 1. The van der Waals surface area contributed by atoms with E-state index in [4.69, 9.17) is 16.7 Å². The molecule has 1 fully saturated rings. The average molecular weight is 332 g/mol. The summed E-state index contributed by atoms with van der Waals surface area (Å²) in [5, 5.41) is 9.13. The Balaban J connectivity index is 2.12. The van der Waals surface area contributed by atoms with Gasteiger partial charge in [-0.1, -0.05) is 30.9 Å². The van der Waals surface area contributed by atoms with Crippen LogP contribution < -0.4 is 4.72 Å².